The number of fused-ring (bicyclic) bond motifs is 1. The van der Waals surface area contributed by atoms with Crippen LogP contribution in [-0.2, 0) is 19.9 Å². The van der Waals surface area contributed by atoms with Crippen molar-refractivity contribution in [2.45, 2.75) is 32.1 Å². The summed E-state index contributed by atoms with van der Waals surface area (Å²) < 4.78 is 8.41. The van der Waals surface area contributed by atoms with Crippen LogP contribution in [0.4, 0.5) is 5.82 Å². The van der Waals surface area contributed by atoms with E-state index < -0.39 is 0 Å². The van der Waals surface area contributed by atoms with Crippen molar-refractivity contribution in [1.82, 2.24) is 9.78 Å². The minimum Gasteiger partial charge on any atom is -0.495 e. The molecule has 5 heteroatoms. The van der Waals surface area contributed by atoms with E-state index >= 15 is 0 Å². The standard InChI is InChI=1S/C16H20BrN3O/c1-20-14(18)9-13(19-20)12-8-10-6-4-3-5-7-11(10)15(17)16(12)21-2/h8-9H,3-7,18H2,1-2H3. The van der Waals surface area contributed by atoms with Crippen molar-refractivity contribution in [2.24, 2.45) is 7.05 Å². The molecule has 0 atom stereocenters. The van der Waals surface area contributed by atoms with Gasteiger partial charge in [-0.3, -0.25) is 4.68 Å². The molecule has 0 aliphatic heterocycles. The van der Waals surface area contributed by atoms with Crippen LogP contribution in [0.2, 0.25) is 0 Å². The van der Waals surface area contributed by atoms with E-state index in [-0.39, 0.29) is 0 Å². The lowest BCUT2D eigenvalue weighted by molar-refractivity contribution is 0.412. The number of benzene rings is 1. The van der Waals surface area contributed by atoms with Gasteiger partial charge >= 0.3 is 0 Å². The largest absolute Gasteiger partial charge is 0.495 e. The number of anilines is 1. The number of methoxy groups -OCH3 is 1. The van der Waals surface area contributed by atoms with Gasteiger partial charge in [-0.05, 0) is 58.8 Å². The van der Waals surface area contributed by atoms with Crippen LogP contribution >= 0.6 is 15.9 Å². The Labute approximate surface area is 133 Å². The molecule has 112 valence electrons. The second-order valence-corrected chi connectivity index (χ2v) is 6.34. The average molecular weight is 350 g/mol. The Balaban J connectivity index is 2.20. The van der Waals surface area contributed by atoms with Gasteiger partial charge in [-0.15, -0.1) is 0 Å². The summed E-state index contributed by atoms with van der Waals surface area (Å²) in [6.07, 6.45) is 6.00. The van der Waals surface area contributed by atoms with Crippen LogP contribution in [0, 0.1) is 0 Å². The summed E-state index contributed by atoms with van der Waals surface area (Å²) in [7, 11) is 3.56. The highest BCUT2D eigenvalue weighted by Crippen LogP contribution is 2.42. The van der Waals surface area contributed by atoms with Gasteiger partial charge in [0.15, 0.2) is 0 Å². The molecule has 0 saturated carbocycles. The Morgan fingerprint density at radius 3 is 2.67 bits per heavy atom. The van der Waals surface area contributed by atoms with Crippen molar-refractivity contribution in [1.29, 1.82) is 0 Å². The van der Waals surface area contributed by atoms with E-state index in [2.05, 4.69) is 27.1 Å². The van der Waals surface area contributed by atoms with E-state index in [4.69, 9.17) is 10.5 Å². The molecular weight excluding hydrogens is 330 g/mol. The molecule has 1 aromatic heterocycles. The lowest BCUT2D eigenvalue weighted by atomic mass is 9.97. The summed E-state index contributed by atoms with van der Waals surface area (Å²) in [5.74, 6) is 1.51. The molecule has 1 aliphatic carbocycles. The minimum atomic E-state index is 0.651. The molecule has 1 heterocycles. The molecule has 0 amide bonds. The van der Waals surface area contributed by atoms with E-state index in [0.29, 0.717) is 5.82 Å². The van der Waals surface area contributed by atoms with Gasteiger partial charge in [-0.2, -0.15) is 5.10 Å². The predicted molar refractivity (Wildman–Crippen MR) is 88.6 cm³/mol. The zero-order valence-corrected chi connectivity index (χ0v) is 14.0. The Bertz CT molecular complexity index is 659. The molecule has 1 aliphatic rings. The summed E-state index contributed by atoms with van der Waals surface area (Å²) in [5.41, 5.74) is 10.6. The summed E-state index contributed by atoms with van der Waals surface area (Å²) >= 11 is 3.74. The fourth-order valence-electron chi connectivity index (χ4n) is 3.01. The Morgan fingerprint density at radius 1 is 1.24 bits per heavy atom. The van der Waals surface area contributed by atoms with Crippen LogP contribution in [0.15, 0.2) is 16.6 Å². The number of halogens is 1. The molecule has 3 rings (SSSR count). The molecular formula is C16H20BrN3O. The van der Waals surface area contributed by atoms with Gasteiger partial charge in [0, 0.05) is 18.7 Å². The normalized spacial score (nSPS) is 14.6. The molecule has 4 nitrogen and oxygen atoms in total. The first-order chi connectivity index (χ1) is 10.1. The summed E-state index contributed by atoms with van der Waals surface area (Å²) in [6, 6.07) is 4.12. The molecule has 0 bridgehead atoms. The highest BCUT2D eigenvalue weighted by Gasteiger charge is 2.21. The maximum atomic E-state index is 5.92. The van der Waals surface area contributed by atoms with Gasteiger partial charge < -0.3 is 10.5 Å². The Hall–Kier alpha value is -1.49. The van der Waals surface area contributed by atoms with E-state index in [9.17, 15) is 0 Å². The molecule has 0 unspecified atom stereocenters. The zero-order valence-electron chi connectivity index (χ0n) is 12.4. The van der Waals surface area contributed by atoms with Crippen LogP contribution in [-0.4, -0.2) is 16.9 Å². The number of aryl methyl sites for hydroxylation is 2. The Kier molecular flexibility index (Phi) is 3.93. The first kappa shape index (κ1) is 14.4. The smallest absolute Gasteiger partial charge is 0.142 e. The number of nitrogens with two attached hydrogens (primary N) is 1. The predicted octanol–water partition coefficient (Wildman–Crippen LogP) is 3.71. The topological polar surface area (TPSA) is 53.1 Å². The third-order valence-corrected chi connectivity index (χ3v) is 5.02. The van der Waals surface area contributed by atoms with Gasteiger partial charge in [0.2, 0.25) is 0 Å². The van der Waals surface area contributed by atoms with Gasteiger partial charge in [-0.1, -0.05) is 6.42 Å². The van der Waals surface area contributed by atoms with Gasteiger partial charge in [-0.25, -0.2) is 0 Å². The number of ether oxygens (including phenoxy) is 1. The summed E-state index contributed by atoms with van der Waals surface area (Å²) in [4.78, 5) is 0. The molecule has 0 fully saturated rings. The van der Waals surface area contributed by atoms with Crippen LogP contribution in [0.5, 0.6) is 5.75 Å². The van der Waals surface area contributed by atoms with Gasteiger partial charge in [0.05, 0.1) is 17.3 Å². The monoisotopic (exact) mass is 349 g/mol. The second kappa shape index (κ2) is 5.72. The number of rotatable bonds is 2. The van der Waals surface area contributed by atoms with Crippen LogP contribution < -0.4 is 10.5 Å². The number of hydrogen-bond acceptors (Lipinski definition) is 3. The third-order valence-electron chi connectivity index (χ3n) is 4.18. The highest BCUT2D eigenvalue weighted by atomic mass is 79.9. The highest BCUT2D eigenvalue weighted by molar-refractivity contribution is 9.10. The molecule has 1 aromatic carbocycles. The molecule has 0 radical (unpaired) electrons. The first-order valence-corrected chi connectivity index (χ1v) is 8.09. The molecule has 21 heavy (non-hydrogen) atoms. The van der Waals surface area contributed by atoms with Crippen LogP contribution in [0.25, 0.3) is 11.3 Å². The maximum Gasteiger partial charge on any atom is 0.142 e. The van der Waals surface area contributed by atoms with Crippen molar-refractivity contribution >= 4 is 21.7 Å². The van der Waals surface area contributed by atoms with Crippen molar-refractivity contribution < 1.29 is 4.74 Å². The lowest BCUT2D eigenvalue weighted by Gasteiger charge is -2.16. The van der Waals surface area contributed by atoms with Crippen LogP contribution in [0.1, 0.15) is 30.4 Å². The van der Waals surface area contributed by atoms with E-state index in [1.54, 1.807) is 11.8 Å². The third kappa shape index (κ3) is 2.55. The zero-order chi connectivity index (χ0) is 15.0. The second-order valence-electron chi connectivity index (χ2n) is 5.55. The fourth-order valence-corrected chi connectivity index (χ4v) is 3.84. The fraction of sp³-hybridized carbons (Fsp3) is 0.438. The molecule has 2 N–H and O–H groups in total. The number of hydrogen-bond donors (Lipinski definition) is 1. The van der Waals surface area contributed by atoms with Crippen molar-refractivity contribution in [2.75, 3.05) is 12.8 Å². The van der Waals surface area contributed by atoms with Crippen LogP contribution in [0.3, 0.4) is 0 Å². The maximum absolute atomic E-state index is 5.92. The van der Waals surface area contributed by atoms with Crippen molar-refractivity contribution in [3.8, 4) is 17.0 Å². The van der Waals surface area contributed by atoms with Gasteiger partial charge in [0.1, 0.15) is 11.6 Å². The quantitative estimate of drug-likeness (QED) is 0.840. The molecule has 0 saturated heterocycles. The number of aromatic nitrogens is 2. The van der Waals surface area contributed by atoms with Gasteiger partial charge in [0.25, 0.3) is 0 Å². The SMILES string of the molecule is COc1c(-c2cc(N)n(C)n2)cc2c(c1Br)CCCCC2. The average Bonchev–Trinajstić information content (AvgIpc) is 2.67. The van der Waals surface area contributed by atoms with E-state index in [0.717, 1.165) is 34.3 Å². The molecule has 2 aromatic rings. The first-order valence-electron chi connectivity index (χ1n) is 7.30. The van der Waals surface area contributed by atoms with Crippen molar-refractivity contribution in [3.05, 3.63) is 27.7 Å². The minimum absolute atomic E-state index is 0.651. The van der Waals surface area contributed by atoms with Crippen molar-refractivity contribution in [3.63, 3.8) is 0 Å². The summed E-state index contributed by atoms with van der Waals surface area (Å²) in [5, 5.41) is 4.49. The van der Waals surface area contributed by atoms with E-state index in [1.807, 2.05) is 13.1 Å². The molecule has 0 spiro atoms. The number of nitrogens with zero attached hydrogens (tertiary/aromatic N) is 2. The number of nitrogen functional groups attached to an aromatic ring is 1. The lowest BCUT2D eigenvalue weighted by Crippen LogP contribution is -2.00. The summed E-state index contributed by atoms with van der Waals surface area (Å²) in [6.45, 7) is 0. The van der Waals surface area contributed by atoms with E-state index in [1.165, 1.54) is 30.4 Å². The Morgan fingerprint density at radius 2 is 2.00 bits per heavy atom.